The fourth-order valence-electron chi connectivity index (χ4n) is 9.70. The average molecular weight is 1610 g/mol. The molecule has 0 aromatic heterocycles. The van der Waals surface area contributed by atoms with Crippen LogP contribution in [0, 0.1) is 13.8 Å². The van der Waals surface area contributed by atoms with Gasteiger partial charge in [-0.1, -0.05) is 179 Å². The van der Waals surface area contributed by atoms with Gasteiger partial charge in [0.15, 0.2) is 44.1 Å². The summed E-state index contributed by atoms with van der Waals surface area (Å²) in [5.74, 6) is -1.04. The van der Waals surface area contributed by atoms with Crippen molar-refractivity contribution in [1.29, 1.82) is 0 Å². The highest BCUT2D eigenvalue weighted by molar-refractivity contribution is 9.10. The van der Waals surface area contributed by atoms with E-state index in [1.165, 1.54) is 57.2 Å². The van der Waals surface area contributed by atoms with Crippen molar-refractivity contribution in [3.63, 3.8) is 0 Å². The third kappa shape index (κ3) is 25.1. The number of ether oxygens (including phenoxy) is 6. The number of halogens is 3. The molecule has 0 saturated heterocycles. The van der Waals surface area contributed by atoms with Crippen LogP contribution in [-0.4, -0.2) is 89.9 Å². The maximum Gasteiger partial charge on any atom is 0.338 e. The van der Waals surface area contributed by atoms with Gasteiger partial charge in [0.05, 0.1) is 49.4 Å². The molecule has 0 fully saturated rings. The van der Waals surface area contributed by atoms with Crippen molar-refractivity contribution in [3.8, 4) is 0 Å². The van der Waals surface area contributed by atoms with Crippen molar-refractivity contribution < 1.29 is 57.2 Å². The van der Waals surface area contributed by atoms with Crippen LogP contribution in [0.5, 0.6) is 0 Å². The van der Waals surface area contributed by atoms with Gasteiger partial charge in [-0.05, 0) is 215 Å². The molecule has 4 atom stereocenters. The Kier molecular flexibility index (Phi) is 32.6. The molecule has 9 aromatic carbocycles. The predicted molar refractivity (Wildman–Crippen MR) is 415 cm³/mol. The van der Waals surface area contributed by atoms with E-state index in [1.807, 2.05) is 54.6 Å². The van der Waals surface area contributed by atoms with Crippen molar-refractivity contribution in [1.82, 2.24) is 0 Å². The molecule has 0 N–H and O–H groups in total. The lowest BCUT2D eigenvalue weighted by molar-refractivity contribution is -0.144. The fraction of sp³-hybridized carbons (Fsp3) is 0.277. The molecule has 12 nitrogen and oxygen atoms in total. The molecular formula is C83H88Br3O12S3+3. The van der Waals surface area contributed by atoms with Gasteiger partial charge in [-0.2, -0.15) is 0 Å². The van der Waals surface area contributed by atoms with E-state index in [0.29, 0.717) is 34.4 Å². The molecule has 18 heteroatoms. The van der Waals surface area contributed by atoms with Gasteiger partial charge in [0.2, 0.25) is 0 Å². The Bertz CT molecular complexity index is 3980. The second-order valence-corrected chi connectivity index (χ2v) is 34.6. The minimum atomic E-state index is -0.440. The molecule has 4 unspecified atom stereocenters. The van der Waals surface area contributed by atoms with Gasteiger partial charge >= 0.3 is 35.8 Å². The lowest BCUT2D eigenvalue weighted by atomic mass is 10.0. The minimum Gasteiger partial charge on any atom is -0.461 e. The number of alkyl halides is 3. The molecule has 0 aliphatic rings. The van der Waals surface area contributed by atoms with Crippen molar-refractivity contribution in [2.24, 2.45) is 0 Å². The second-order valence-electron chi connectivity index (χ2n) is 24.4. The van der Waals surface area contributed by atoms with E-state index in [1.54, 1.807) is 57.2 Å². The number of rotatable bonds is 27. The van der Waals surface area contributed by atoms with Crippen LogP contribution in [0.2, 0.25) is 0 Å². The van der Waals surface area contributed by atoms with Gasteiger partial charge in [-0.15, -0.1) is 0 Å². The first kappa shape index (κ1) is 80.6. The Morgan fingerprint density at radius 1 is 0.267 bits per heavy atom. The normalized spacial score (nSPS) is 12.2. The molecule has 9 aromatic rings. The lowest BCUT2D eigenvalue weighted by Crippen LogP contribution is -2.18. The third-order valence-corrected chi connectivity index (χ3v) is 23.3. The van der Waals surface area contributed by atoms with Crippen molar-refractivity contribution in [2.75, 3.05) is 39.6 Å². The van der Waals surface area contributed by atoms with E-state index in [2.05, 4.69) is 237 Å². The topological polar surface area (TPSA) is 158 Å². The molecule has 0 saturated carbocycles. The number of aryl methyl sites for hydroxylation is 2. The molecule has 0 aliphatic heterocycles. The van der Waals surface area contributed by atoms with Crippen molar-refractivity contribution in [2.45, 2.75) is 152 Å². The quantitative estimate of drug-likeness (QED) is 0.0158. The second kappa shape index (κ2) is 40.8. The van der Waals surface area contributed by atoms with E-state index in [0.717, 1.165) is 14.7 Å². The van der Waals surface area contributed by atoms with Gasteiger partial charge in [-0.25, -0.2) is 14.4 Å². The maximum atomic E-state index is 12.5. The van der Waals surface area contributed by atoms with E-state index >= 15 is 0 Å². The lowest BCUT2D eigenvalue weighted by Gasteiger charge is -2.12. The van der Waals surface area contributed by atoms with Crippen LogP contribution < -0.4 is 0 Å². The number of benzene rings is 9. The standard InChI is InChI=1S/C30H34BrO4S.C27H28BrO4S.C26H26BrO4S/c1-20(2)23-6-12-26(13-7-23)36(27-14-8-24(9-15-27)21(3)4)28-16-10-25(11-17-28)30(33)35-19-18-34-29(32)22(5)31;1-19(2)21-9-13-24(14-10-21)33(23-7-5-4-6-8-23)25-15-11-22(12-16-25)27(30)32-18-17-31-26(29)20(3)28;1-18-4-10-22(11-5-18)32(23-12-6-19(2)7-13-23)24-14-8-21(9-15-24)26(29)31-17-16-30-25(28)20(3)27/h6-17,20-22H,18-19H2,1-5H3;4-16,19-20H,17-18H2,1-3H3;4-15,20H,16-17H2,1-3H3/q3*+1. The first-order chi connectivity index (χ1) is 48.4. The molecule has 0 amide bonds. The summed E-state index contributed by atoms with van der Waals surface area (Å²) in [6, 6.07) is 76.6. The molecule has 0 aliphatic carbocycles. The minimum absolute atomic E-state index is 0.0147. The molecule has 9 rings (SSSR count). The van der Waals surface area contributed by atoms with E-state index in [4.69, 9.17) is 28.4 Å². The molecule has 0 bridgehead atoms. The van der Waals surface area contributed by atoms with Gasteiger partial charge in [0.1, 0.15) is 54.1 Å². The van der Waals surface area contributed by atoms with Crippen LogP contribution in [0.4, 0.5) is 0 Å². The van der Waals surface area contributed by atoms with Gasteiger partial charge < -0.3 is 28.4 Å². The third-order valence-electron chi connectivity index (χ3n) is 15.5. The highest BCUT2D eigenvalue weighted by atomic mass is 79.9. The van der Waals surface area contributed by atoms with Crippen molar-refractivity contribution >= 4 is 116 Å². The summed E-state index contributed by atoms with van der Waals surface area (Å²) in [5, 5.41) is 0. The molecular weight excluding hydrogens is 1520 g/mol. The summed E-state index contributed by atoms with van der Waals surface area (Å²) in [6.45, 7) is 22.5. The van der Waals surface area contributed by atoms with Crippen LogP contribution in [0.15, 0.2) is 269 Å². The fourth-order valence-corrected chi connectivity index (χ4v) is 16.2. The van der Waals surface area contributed by atoms with Crippen LogP contribution in [0.1, 0.15) is 139 Å². The highest BCUT2D eigenvalue weighted by Crippen LogP contribution is 2.36. The van der Waals surface area contributed by atoms with Crippen LogP contribution in [-0.2, 0) is 75.5 Å². The monoisotopic (exact) mass is 1610 g/mol. The van der Waals surface area contributed by atoms with Crippen molar-refractivity contribution in [3.05, 3.63) is 269 Å². The number of esters is 6. The number of carbonyl (C=O) groups excluding carboxylic acids is 6. The molecule has 0 heterocycles. The SMILES string of the molecule is CC(Br)C(=O)OCCOC(=O)c1ccc([S+](c2ccc(C(C)C)cc2)c2ccc(C(C)C)cc2)cc1.CC(Br)C(=O)OCCOC(=O)c1ccc([S+](c2ccccc2)c2ccc(C(C)C)cc2)cc1.Cc1ccc([S+](c2ccc(C)cc2)c2ccc(C(=O)OCCOC(=O)C(C)Br)cc2)cc1. The highest BCUT2D eigenvalue weighted by Gasteiger charge is 2.32. The summed E-state index contributed by atoms with van der Waals surface area (Å²) >= 11 is 9.42. The molecule has 528 valence electrons. The summed E-state index contributed by atoms with van der Waals surface area (Å²) in [5.41, 5.74) is 7.76. The zero-order chi connectivity index (χ0) is 73.1. The largest absolute Gasteiger partial charge is 0.461 e. The first-order valence-corrected chi connectivity index (χ1v) is 39.8. The Labute approximate surface area is 629 Å². The number of carbonyl (C=O) groups is 6. The van der Waals surface area contributed by atoms with E-state index < -0.39 is 22.7 Å². The van der Waals surface area contributed by atoms with E-state index in [9.17, 15) is 28.8 Å². The van der Waals surface area contributed by atoms with Crippen LogP contribution in [0.3, 0.4) is 0 Å². The summed E-state index contributed by atoms with van der Waals surface area (Å²) in [6.07, 6.45) is 0. The molecule has 0 radical (unpaired) electrons. The van der Waals surface area contributed by atoms with Gasteiger partial charge in [0, 0.05) is 0 Å². The molecule has 0 spiro atoms. The van der Waals surface area contributed by atoms with Gasteiger partial charge in [-0.3, -0.25) is 14.4 Å². The van der Waals surface area contributed by atoms with Crippen LogP contribution >= 0.6 is 47.8 Å². The summed E-state index contributed by atoms with van der Waals surface area (Å²) < 4.78 is 30.7. The Morgan fingerprint density at radius 3 is 0.663 bits per heavy atom. The average Bonchev–Trinajstić information content (AvgIpc) is 0.817. The Morgan fingerprint density at radius 2 is 0.455 bits per heavy atom. The Hall–Kier alpha value is -7.71. The maximum absolute atomic E-state index is 12.5. The summed E-state index contributed by atoms with van der Waals surface area (Å²) in [7, 11) is -0.881. The van der Waals surface area contributed by atoms with Crippen LogP contribution in [0.25, 0.3) is 0 Å². The van der Waals surface area contributed by atoms with Gasteiger partial charge in [0.25, 0.3) is 0 Å². The predicted octanol–water partition coefficient (Wildman–Crippen LogP) is 19.8. The number of hydrogen-bond acceptors (Lipinski definition) is 12. The Balaban J connectivity index is 0.000000213. The van der Waals surface area contributed by atoms with E-state index in [-0.39, 0.29) is 99.9 Å². The first-order valence-electron chi connectivity index (χ1n) is 33.3. The zero-order valence-electron chi connectivity index (χ0n) is 58.8. The smallest absolute Gasteiger partial charge is 0.338 e. The summed E-state index contributed by atoms with van der Waals surface area (Å²) in [4.78, 5) is 81.1. The molecule has 101 heavy (non-hydrogen) atoms. The number of hydrogen-bond donors (Lipinski definition) is 0. The zero-order valence-corrected chi connectivity index (χ0v) is 66.0.